The number of unbranched alkanes of at least 4 members (excludes halogenated alkanes) is 1. The highest BCUT2D eigenvalue weighted by atomic mass is 16.7. The molecule has 0 aromatic heterocycles. The topological polar surface area (TPSA) is 240 Å². The van der Waals surface area contributed by atoms with Crippen LogP contribution in [0.1, 0.15) is 113 Å². The van der Waals surface area contributed by atoms with Crippen LogP contribution in [0.2, 0.25) is 0 Å². The van der Waals surface area contributed by atoms with Crippen LogP contribution in [0.5, 0.6) is 0 Å². The van der Waals surface area contributed by atoms with Crippen LogP contribution in [0.15, 0.2) is 59.8 Å². The molecule has 17 nitrogen and oxygen atoms in total. The summed E-state index contributed by atoms with van der Waals surface area (Å²) in [7, 11) is 2.40. The second kappa shape index (κ2) is 22.3. The number of aliphatic hydroxyl groups is 4. The first kappa shape index (κ1) is 52.4. The summed E-state index contributed by atoms with van der Waals surface area (Å²) in [4.78, 5) is 64.7. The first-order chi connectivity index (χ1) is 29.9. The zero-order valence-corrected chi connectivity index (χ0v) is 38.5. The second-order valence-corrected chi connectivity index (χ2v) is 18.3. The van der Waals surface area contributed by atoms with Gasteiger partial charge in [0.25, 0.3) is 0 Å². The number of aliphatic hydroxyl groups excluding tert-OH is 2. The SMILES string of the molecule is CCCC=CC=CC(=O)OC1C(=CC(=O)OC)CC2CC(C(C)O)OC(=O)CC(O)CC3CC(OC(C)=O)C(C)(C)[C@](O)(CC4CC(=CC(=O)OC)CC(C=CC(C)(C)[C@]1(O)O2)O4)O3. The van der Waals surface area contributed by atoms with Crippen LogP contribution in [-0.2, 0) is 61.9 Å². The van der Waals surface area contributed by atoms with Crippen LogP contribution in [0.3, 0.4) is 0 Å². The Morgan fingerprint density at radius 2 is 1.56 bits per heavy atom. The second-order valence-electron chi connectivity index (χ2n) is 18.3. The minimum atomic E-state index is -2.47. The van der Waals surface area contributed by atoms with Crippen LogP contribution in [0.4, 0.5) is 0 Å². The summed E-state index contributed by atoms with van der Waals surface area (Å²) in [5.74, 6) is -8.31. The van der Waals surface area contributed by atoms with Gasteiger partial charge in [0, 0.05) is 56.3 Å². The molecule has 0 radical (unpaired) electrons. The van der Waals surface area contributed by atoms with Gasteiger partial charge in [0.15, 0.2) is 11.9 Å². The maximum absolute atomic E-state index is 13.4. The summed E-state index contributed by atoms with van der Waals surface area (Å²) in [6, 6.07) is 0. The Balaban J connectivity index is 1.89. The fraction of sp³-hybridized carbons (Fsp3) is 0.681. The van der Waals surface area contributed by atoms with Gasteiger partial charge in [-0.2, -0.15) is 0 Å². The van der Waals surface area contributed by atoms with Gasteiger partial charge in [0.05, 0.1) is 62.7 Å². The molecule has 0 aromatic rings. The predicted octanol–water partition coefficient (Wildman–Crippen LogP) is 4.28. The van der Waals surface area contributed by atoms with Gasteiger partial charge in [-0.3, -0.25) is 9.59 Å². The van der Waals surface area contributed by atoms with Crippen molar-refractivity contribution in [2.75, 3.05) is 14.2 Å². The lowest BCUT2D eigenvalue weighted by atomic mass is 9.70. The summed E-state index contributed by atoms with van der Waals surface area (Å²) in [5, 5.41) is 47.5. The van der Waals surface area contributed by atoms with Gasteiger partial charge in [-0.05, 0) is 38.2 Å². The van der Waals surface area contributed by atoms with Gasteiger partial charge in [-0.25, -0.2) is 14.4 Å². The Hall–Kier alpha value is -4.23. The van der Waals surface area contributed by atoms with Crippen molar-refractivity contribution in [2.24, 2.45) is 10.8 Å². The van der Waals surface area contributed by atoms with E-state index in [0.29, 0.717) is 5.57 Å². The molecule has 4 rings (SSSR count). The van der Waals surface area contributed by atoms with Crippen LogP contribution >= 0.6 is 0 Å². The molecular weight excluding hydrogens is 836 g/mol. The van der Waals surface area contributed by atoms with E-state index in [0.717, 1.165) is 32.1 Å². The summed E-state index contributed by atoms with van der Waals surface area (Å²) >= 11 is 0. The molecule has 11 atom stereocenters. The molecule has 17 heteroatoms. The zero-order chi connectivity index (χ0) is 47.6. The third kappa shape index (κ3) is 13.4. The molecule has 64 heavy (non-hydrogen) atoms. The van der Waals surface area contributed by atoms with Gasteiger partial charge in [0.2, 0.25) is 5.79 Å². The van der Waals surface area contributed by atoms with Gasteiger partial charge >= 0.3 is 29.8 Å². The summed E-state index contributed by atoms with van der Waals surface area (Å²) in [5.41, 5.74) is -2.06. The molecule has 3 saturated heterocycles. The van der Waals surface area contributed by atoms with E-state index < -0.39 is 114 Å². The van der Waals surface area contributed by atoms with E-state index in [9.17, 15) is 44.4 Å². The first-order valence-electron chi connectivity index (χ1n) is 21.9. The van der Waals surface area contributed by atoms with Crippen LogP contribution in [-0.4, -0.2) is 131 Å². The Morgan fingerprint density at radius 3 is 2.20 bits per heavy atom. The van der Waals surface area contributed by atoms with E-state index >= 15 is 0 Å². The molecule has 4 aliphatic heterocycles. The van der Waals surface area contributed by atoms with Gasteiger partial charge in [0.1, 0.15) is 12.2 Å². The molecule has 9 unspecified atom stereocenters. The van der Waals surface area contributed by atoms with Crippen LogP contribution < -0.4 is 0 Å². The fourth-order valence-electron chi connectivity index (χ4n) is 8.57. The zero-order valence-electron chi connectivity index (χ0n) is 38.5. The Bertz CT molecular complexity index is 1830. The van der Waals surface area contributed by atoms with Crippen molar-refractivity contribution in [2.45, 2.75) is 179 Å². The van der Waals surface area contributed by atoms with E-state index in [4.69, 9.17) is 37.9 Å². The first-order valence-corrected chi connectivity index (χ1v) is 21.9. The molecule has 0 spiro atoms. The fourth-order valence-corrected chi connectivity index (χ4v) is 8.57. The van der Waals surface area contributed by atoms with Crippen molar-refractivity contribution in [1.82, 2.24) is 0 Å². The average molecular weight is 905 g/mol. The van der Waals surface area contributed by atoms with Crippen LogP contribution in [0, 0.1) is 10.8 Å². The van der Waals surface area contributed by atoms with Crippen molar-refractivity contribution in [3.63, 3.8) is 0 Å². The Labute approximate surface area is 375 Å². The van der Waals surface area contributed by atoms with Crippen molar-refractivity contribution in [3.8, 4) is 0 Å². The average Bonchev–Trinajstić information content (AvgIpc) is 3.19. The van der Waals surface area contributed by atoms with Crippen molar-refractivity contribution < 1.29 is 82.3 Å². The lowest BCUT2D eigenvalue weighted by Crippen LogP contribution is -2.62. The number of esters is 5. The van der Waals surface area contributed by atoms with Gasteiger partial charge < -0.3 is 58.3 Å². The molecule has 358 valence electrons. The largest absolute Gasteiger partial charge is 0.466 e. The number of ether oxygens (including phenoxy) is 8. The number of cyclic esters (lactones) is 1. The quantitative estimate of drug-likeness (QED) is 0.0830. The molecule has 0 aromatic carbocycles. The molecule has 4 N–H and O–H groups in total. The van der Waals surface area contributed by atoms with E-state index in [-0.39, 0.29) is 50.5 Å². The standard InChI is InChI=1S/C47H68O17/c1-10-11-12-13-14-15-39(51)62-43-31(22-41(53)58-9)21-34-25-37(28(2)48)61-42(54)24-32(50)23-35-26-38(59-29(3)49)45(6,7)46(55,63-35)27-36-19-30(20-40(52)57-8)18-33(60-36)16-17-44(4,5)47(43,56)64-34/h12-17,20,22,28,32-38,43,48,50,55-56H,10-11,18-19,21,23-27H2,1-9H3/t28?,32?,33?,34?,35?,36?,37?,38?,43?,46-,47+/m0/s1. The molecule has 4 heterocycles. The van der Waals surface area contributed by atoms with Gasteiger partial charge in [-0.1, -0.05) is 77.0 Å². The third-order valence-electron chi connectivity index (χ3n) is 12.4. The lowest BCUT2D eigenvalue weighted by molar-refractivity contribution is -0.348. The number of fused-ring (bicyclic) bond motifs is 6. The summed E-state index contributed by atoms with van der Waals surface area (Å²) < 4.78 is 46.7. The molecular formula is C47H68O17. The smallest absolute Gasteiger partial charge is 0.331 e. The molecule has 6 bridgehead atoms. The number of carbonyl (C=O) groups is 5. The summed E-state index contributed by atoms with van der Waals surface area (Å²) in [6.07, 6.45) is 2.55. The van der Waals surface area contributed by atoms with E-state index in [1.807, 2.05) is 13.0 Å². The number of rotatable bonds is 9. The highest BCUT2D eigenvalue weighted by Crippen LogP contribution is 2.50. The van der Waals surface area contributed by atoms with Crippen molar-refractivity contribution in [1.29, 1.82) is 0 Å². The van der Waals surface area contributed by atoms with Crippen molar-refractivity contribution >= 4 is 29.8 Å². The van der Waals surface area contributed by atoms with Crippen LogP contribution in [0.25, 0.3) is 0 Å². The maximum atomic E-state index is 13.4. The predicted molar refractivity (Wildman–Crippen MR) is 228 cm³/mol. The van der Waals surface area contributed by atoms with Crippen molar-refractivity contribution in [3.05, 3.63) is 59.8 Å². The van der Waals surface area contributed by atoms with E-state index in [2.05, 4.69) is 0 Å². The maximum Gasteiger partial charge on any atom is 0.331 e. The number of hydrogen-bond donors (Lipinski definition) is 4. The molecule has 0 saturated carbocycles. The normalized spacial score (nSPS) is 35.3. The monoisotopic (exact) mass is 904 g/mol. The summed E-state index contributed by atoms with van der Waals surface area (Å²) in [6.45, 7) is 11.2. The number of allylic oxidation sites excluding steroid dienone is 3. The number of methoxy groups -OCH3 is 2. The minimum absolute atomic E-state index is 0.0721. The number of carbonyl (C=O) groups excluding carboxylic acids is 5. The minimum Gasteiger partial charge on any atom is -0.466 e. The molecule has 3 fully saturated rings. The van der Waals surface area contributed by atoms with E-state index in [1.54, 1.807) is 45.9 Å². The van der Waals surface area contributed by atoms with Gasteiger partial charge in [-0.15, -0.1) is 0 Å². The molecule has 0 aliphatic carbocycles. The van der Waals surface area contributed by atoms with E-state index in [1.165, 1.54) is 33.1 Å². The third-order valence-corrected chi connectivity index (χ3v) is 12.4. The number of hydrogen-bond acceptors (Lipinski definition) is 17. The highest BCUT2D eigenvalue weighted by Gasteiger charge is 2.59. The molecule has 0 amide bonds. The Kier molecular flexibility index (Phi) is 18.3. The highest BCUT2D eigenvalue weighted by molar-refractivity contribution is 5.85. The lowest BCUT2D eigenvalue weighted by Gasteiger charge is -2.53. The Morgan fingerprint density at radius 1 is 0.875 bits per heavy atom. The molecule has 4 aliphatic rings.